The fourth-order valence-electron chi connectivity index (χ4n) is 1.42. The van der Waals surface area contributed by atoms with Crippen LogP contribution in [0.4, 0.5) is 5.13 Å². The van der Waals surface area contributed by atoms with Gasteiger partial charge in [0, 0.05) is 25.6 Å². The first-order valence-electron chi connectivity index (χ1n) is 6.71. The van der Waals surface area contributed by atoms with Crippen molar-refractivity contribution in [2.75, 3.05) is 45.4 Å². The molecule has 1 aromatic heterocycles. The minimum Gasteiger partial charge on any atom is -0.461 e. The van der Waals surface area contributed by atoms with E-state index in [4.69, 9.17) is 14.2 Å². The molecule has 1 aromatic rings. The van der Waals surface area contributed by atoms with Gasteiger partial charge in [0.1, 0.15) is 0 Å². The summed E-state index contributed by atoms with van der Waals surface area (Å²) in [4.78, 5) is 15.6. The maximum Gasteiger partial charge on any atom is 0.357 e. The van der Waals surface area contributed by atoms with Crippen LogP contribution in [0.15, 0.2) is 5.38 Å². The molecule has 0 atom stereocenters. The number of anilines is 1. The highest BCUT2D eigenvalue weighted by Gasteiger charge is 2.10. The second-order valence-electron chi connectivity index (χ2n) is 4.00. The molecular formula is C13H22N2O4S. The Hall–Kier alpha value is -1.18. The summed E-state index contributed by atoms with van der Waals surface area (Å²) in [5.74, 6) is -0.372. The van der Waals surface area contributed by atoms with Gasteiger partial charge in [-0.05, 0) is 19.8 Å². The van der Waals surface area contributed by atoms with E-state index < -0.39 is 0 Å². The Balaban J connectivity index is 2.09. The zero-order chi connectivity index (χ0) is 14.6. The highest BCUT2D eigenvalue weighted by molar-refractivity contribution is 7.13. The third-order valence-corrected chi connectivity index (χ3v) is 3.21. The number of unbranched alkanes of at least 4 members (excludes halogenated alkanes) is 1. The molecule has 0 fully saturated rings. The van der Waals surface area contributed by atoms with Gasteiger partial charge < -0.3 is 19.5 Å². The number of carbonyl (C=O) groups excluding carboxylic acids is 1. The topological polar surface area (TPSA) is 69.7 Å². The van der Waals surface area contributed by atoms with E-state index in [1.807, 2.05) is 0 Å². The Morgan fingerprint density at radius 1 is 1.35 bits per heavy atom. The quantitative estimate of drug-likeness (QED) is 0.499. The number of nitrogens with zero attached hydrogens (tertiary/aromatic N) is 1. The molecule has 1 rings (SSSR count). The summed E-state index contributed by atoms with van der Waals surface area (Å²) < 4.78 is 15.1. The predicted octanol–water partition coefficient (Wildman–Crippen LogP) is 2.17. The van der Waals surface area contributed by atoms with Crippen molar-refractivity contribution in [2.45, 2.75) is 19.8 Å². The largest absolute Gasteiger partial charge is 0.461 e. The molecule has 1 N–H and O–H groups in total. The lowest BCUT2D eigenvalue weighted by molar-refractivity contribution is 0.0520. The lowest BCUT2D eigenvalue weighted by Crippen LogP contribution is -2.07. The second-order valence-corrected chi connectivity index (χ2v) is 4.86. The molecule has 0 aliphatic carbocycles. The number of ether oxygens (including phenoxy) is 3. The van der Waals surface area contributed by atoms with E-state index in [2.05, 4.69) is 10.3 Å². The maximum absolute atomic E-state index is 11.4. The summed E-state index contributed by atoms with van der Waals surface area (Å²) in [5.41, 5.74) is 0.363. The van der Waals surface area contributed by atoms with Crippen molar-refractivity contribution in [1.29, 1.82) is 0 Å². The van der Waals surface area contributed by atoms with Crippen molar-refractivity contribution in [2.24, 2.45) is 0 Å². The predicted molar refractivity (Wildman–Crippen MR) is 78.5 cm³/mol. The van der Waals surface area contributed by atoms with Crippen LogP contribution in [0.3, 0.4) is 0 Å². The summed E-state index contributed by atoms with van der Waals surface area (Å²) >= 11 is 1.41. The number of rotatable bonds is 11. The van der Waals surface area contributed by atoms with Gasteiger partial charge >= 0.3 is 5.97 Å². The van der Waals surface area contributed by atoms with E-state index >= 15 is 0 Å². The van der Waals surface area contributed by atoms with Crippen LogP contribution in [-0.2, 0) is 14.2 Å². The van der Waals surface area contributed by atoms with E-state index in [0.29, 0.717) is 25.5 Å². The molecule has 0 bridgehead atoms. The van der Waals surface area contributed by atoms with Crippen LogP contribution < -0.4 is 5.32 Å². The van der Waals surface area contributed by atoms with Crippen LogP contribution in [0.1, 0.15) is 30.3 Å². The average molecular weight is 302 g/mol. The molecule has 0 unspecified atom stereocenters. The first-order chi connectivity index (χ1) is 9.77. The highest BCUT2D eigenvalue weighted by Crippen LogP contribution is 2.16. The van der Waals surface area contributed by atoms with Gasteiger partial charge in [-0.3, -0.25) is 0 Å². The monoisotopic (exact) mass is 302 g/mol. The van der Waals surface area contributed by atoms with Crippen molar-refractivity contribution in [1.82, 2.24) is 4.98 Å². The Morgan fingerprint density at radius 3 is 2.95 bits per heavy atom. The number of hydrogen-bond donors (Lipinski definition) is 1. The Kier molecular flexibility index (Phi) is 8.93. The lowest BCUT2D eigenvalue weighted by Gasteiger charge is -2.04. The maximum atomic E-state index is 11.4. The molecule has 7 heteroatoms. The number of methoxy groups -OCH3 is 1. The fourth-order valence-corrected chi connectivity index (χ4v) is 2.13. The third kappa shape index (κ3) is 6.83. The second kappa shape index (κ2) is 10.6. The van der Waals surface area contributed by atoms with Crippen LogP contribution in [0, 0.1) is 0 Å². The molecular weight excluding hydrogens is 280 g/mol. The van der Waals surface area contributed by atoms with Crippen molar-refractivity contribution < 1.29 is 19.0 Å². The van der Waals surface area contributed by atoms with Crippen molar-refractivity contribution >= 4 is 22.4 Å². The molecule has 0 aliphatic rings. The van der Waals surface area contributed by atoms with Gasteiger partial charge in [0.25, 0.3) is 0 Å². The zero-order valence-corrected chi connectivity index (χ0v) is 12.8. The van der Waals surface area contributed by atoms with Crippen LogP contribution in [0.5, 0.6) is 0 Å². The first kappa shape index (κ1) is 16.9. The Morgan fingerprint density at radius 2 is 2.20 bits per heavy atom. The van der Waals surface area contributed by atoms with Gasteiger partial charge in [-0.1, -0.05) is 0 Å². The zero-order valence-electron chi connectivity index (χ0n) is 12.0. The summed E-state index contributed by atoms with van der Waals surface area (Å²) in [7, 11) is 1.66. The van der Waals surface area contributed by atoms with Crippen LogP contribution in [0.2, 0.25) is 0 Å². The van der Waals surface area contributed by atoms with Gasteiger partial charge in [-0.2, -0.15) is 0 Å². The average Bonchev–Trinajstić information content (AvgIpc) is 2.91. The molecule has 0 saturated heterocycles. The van der Waals surface area contributed by atoms with E-state index in [1.165, 1.54) is 11.3 Å². The molecule has 0 saturated carbocycles. The van der Waals surface area contributed by atoms with Gasteiger partial charge in [0.15, 0.2) is 10.8 Å². The standard InChI is InChI=1S/C13H22N2O4S/c1-3-19-12(16)11-10-20-13(15-11)14-6-4-5-7-18-9-8-17-2/h10H,3-9H2,1-2H3,(H,14,15). The van der Waals surface area contributed by atoms with E-state index in [0.717, 1.165) is 31.1 Å². The summed E-state index contributed by atoms with van der Waals surface area (Å²) in [5, 5.41) is 5.63. The first-order valence-corrected chi connectivity index (χ1v) is 7.59. The van der Waals surface area contributed by atoms with E-state index in [-0.39, 0.29) is 5.97 Å². The molecule has 0 radical (unpaired) electrons. The molecule has 0 aromatic carbocycles. The van der Waals surface area contributed by atoms with E-state index in [1.54, 1.807) is 19.4 Å². The molecule has 0 aliphatic heterocycles. The normalized spacial score (nSPS) is 10.5. The Bertz CT molecular complexity index is 384. The summed E-state index contributed by atoms with van der Waals surface area (Å²) in [6.45, 7) is 4.95. The number of nitrogens with one attached hydrogen (secondary N) is 1. The SMILES string of the molecule is CCOC(=O)c1csc(NCCCCOCCOC)n1. The minimum absolute atomic E-state index is 0.363. The molecule has 0 amide bonds. The molecule has 20 heavy (non-hydrogen) atoms. The van der Waals surface area contributed by atoms with Gasteiger partial charge in [-0.15, -0.1) is 11.3 Å². The Labute approximate surface area is 123 Å². The van der Waals surface area contributed by atoms with Crippen LogP contribution >= 0.6 is 11.3 Å². The van der Waals surface area contributed by atoms with Crippen LogP contribution in [-0.4, -0.2) is 51.0 Å². The molecule has 6 nitrogen and oxygen atoms in total. The number of esters is 1. The number of aromatic nitrogens is 1. The van der Waals surface area contributed by atoms with Crippen molar-refractivity contribution in [3.05, 3.63) is 11.1 Å². The van der Waals surface area contributed by atoms with Crippen LogP contribution in [0.25, 0.3) is 0 Å². The van der Waals surface area contributed by atoms with Gasteiger partial charge in [0.2, 0.25) is 0 Å². The summed E-state index contributed by atoms with van der Waals surface area (Å²) in [6, 6.07) is 0. The van der Waals surface area contributed by atoms with E-state index in [9.17, 15) is 4.79 Å². The lowest BCUT2D eigenvalue weighted by atomic mass is 10.3. The molecule has 1 heterocycles. The highest BCUT2D eigenvalue weighted by atomic mass is 32.1. The fraction of sp³-hybridized carbons (Fsp3) is 0.692. The number of hydrogen-bond acceptors (Lipinski definition) is 7. The smallest absolute Gasteiger partial charge is 0.357 e. The van der Waals surface area contributed by atoms with Crippen molar-refractivity contribution in [3.63, 3.8) is 0 Å². The summed E-state index contributed by atoms with van der Waals surface area (Å²) in [6.07, 6.45) is 1.97. The minimum atomic E-state index is -0.372. The van der Waals surface area contributed by atoms with Crippen molar-refractivity contribution in [3.8, 4) is 0 Å². The molecule has 0 spiro atoms. The van der Waals surface area contributed by atoms with Gasteiger partial charge in [0.05, 0.1) is 19.8 Å². The molecule has 114 valence electrons. The number of thiazole rings is 1. The van der Waals surface area contributed by atoms with Gasteiger partial charge in [-0.25, -0.2) is 9.78 Å². The number of carbonyl (C=O) groups is 1. The third-order valence-electron chi connectivity index (χ3n) is 2.41.